The Kier molecular flexibility index (Phi) is 5.67. The maximum Gasteiger partial charge on any atom is 0.325 e. The molecule has 0 aliphatic carbocycles. The van der Waals surface area contributed by atoms with Gasteiger partial charge in [0, 0.05) is 25.3 Å². The van der Waals surface area contributed by atoms with Gasteiger partial charge < -0.3 is 25.0 Å². The van der Waals surface area contributed by atoms with Gasteiger partial charge in [-0.1, -0.05) is 6.07 Å². The second-order valence-electron chi connectivity index (χ2n) is 8.13. The average molecular weight is 452 g/mol. The van der Waals surface area contributed by atoms with E-state index in [1.807, 2.05) is 0 Å². The van der Waals surface area contributed by atoms with Gasteiger partial charge in [-0.05, 0) is 48.9 Å². The molecule has 0 aromatic heterocycles. The van der Waals surface area contributed by atoms with Crippen LogP contribution in [0, 0.1) is 0 Å². The van der Waals surface area contributed by atoms with E-state index >= 15 is 0 Å². The van der Waals surface area contributed by atoms with Crippen molar-refractivity contribution in [2.75, 3.05) is 39.2 Å². The highest BCUT2D eigenvalue weighted by Gasteiger charge is 2.49. The fraction of sp³-hybridized carbons (Fsp3) is 0.304. The number of carbonyl (C=O) groups is 4. The van der Waals surface area contributed by atoms with Gasteiger partial charge in [-0.15, -0.1) is 0 Å². The smallest absolute Gasteiger partial charge is 0.325 e. The van der Waals surface area contributed by atoms with E-state index in [9.17, 15) is 19.2 Å². The summed E-state index contributed by atoms with van der Waals surface area (Å²) in [7, 11) is 3.30. The monoisotopic (exact) mass is 452 g/mol. The van der Waals surface area contributed by atoms with Crippen LogP contribution in [-0.2, 0) is 15.1 Å². The molecule has 2 aliphatic heterocycles. The Morgan fingerprint density at radius 2 is 1.73 bits per heavy atom. The number of anilines is 1. The second kappa shape index (κ2) is 8.45. The predicted octanol–water partition coefficient (Wildman–Crippen LogP) is 1.57. The van der Waals surface area contributed by atoms with E-state index in [2.05, 4.69) is 10.6 Å². The third kappa shape index (κ3) is 4.19. The molecule has 10 nitrogen and oxygen atoms in total. The van der Waals surface area contributed by atoms with Crippen LogP contribution >= 0.6 is 0 Å². The van der Waals surface area contributed by atoms with Crippen molar-refractivity contribution in [3.63, 3.8) is 0 Å². The van der Waals surface area contributed by atoms with Gasteiger partial charge in [0.2, 0.25) is 5.91 Å². The molecule has 2 aromatic carbocycles. The molecule has 172 valence electrons. The predicted molar refractivity (Wildman–Crippen MR) is 118 cm³/mol. The van der Waals surface area contributed by atoms with Crippen LogP contribution in [0.2, 0.25) is 0 Å². The topological polar surface area (TPSA) is 117 Å². The number of rotatable bonds is 5. The van der Waals surface area contributed by atoms with Crippen LogP contribution in [0.5, 0.6) is 11.5 Å². The van der Waals surface area contributed by atoms with E-state index in [4.69, 9.17) is 9.47 Å². The molecule has 5 amide bonds. The minimum Gasteiger partial charge on any atom is -0.486 e. The third-order valence-corrected chi connectivity index (χ3v) is 5.52. The Labute approximate surface area is 190 Å². The lowest BCUT2D eigenvalue weighted by molar-refractivity contribution is -0.133. The Hall–Kier alpha value is -4.08. The highest BCUT2D eigenvalue weighted by Crippen LogP contribution is 2.36. The molecule has 10 heteroatoms. The number of nitrogens with zero attached hydrogens (tertiary/aromatic N) is 2. The van der Waals surface area contributed by atoms with Crippen LogP contribution in [0.4, 0.5) is 10.5 Å². The lowest BCUT2D eigenvalue weighted by Crippen LogP contribution is -2.42. The number of nitrogens with one attached hydrogen (secondary N) is 2. The number of hydrogen-bond acceptors (Lipinski definition) is 6. The van der Waals surface area contributed by atoms with E-state index in [-0.39, 0.29) is 5.91 Å². The number of ether oxygens (including phenoxy) is 2. The third-order valence-electron chi connectivity index (χ3n) is 5.52. The largest absolute Gasteiger partial charge is 0.486 e. The zero-order chi connectivity index (χ0) is 23.8. The Morgan fingerprint density at radius 1 is 1.06 bits per heavy atom. The number of hydrogen-bond donors (Lipinski definition) is 2. The molecular formula is C23H24N4O6. The standard InChI is InChI=1S/C23H24N4O6/c1-23(15-6-9-17-18(12-15)33-11-10-32-17)21(30)27(22(31)25-23)13-19(28)24-16-7-4-14(5-8-16)20(29)26(2)3/h4-9,12H,10-11,13H2,1-3H3,(H,24,28)(H,25,31)/t23-/m0/s1. The van der Waals surface area contributed by atoms with Gasteiger partial charge in [-0.3, -0.25) is 19.3 Å². The summed E-state index contributed by atoms with van der Waals surface area (Å²) in [6.45, 7) is 1.96. The van der Waals surface area contributed by atoms with Crippen LogP contribution in [0.3, 0.4) is 0 Å². The molecule has 2 aromatic rings. The molecule has 0 bridgehead atoms. The van der Waals surface area contributed by atoms with Gasteiger partial charge in [0.05, 0.1) is 0 Å². The maximum absolute atomic E-state index is 13.1. The normalized spacial score (nSPS) is 19.2. The van der Waals surface area contributed by atoms with Crippen molar-refractivity contribution < 1.29 is 28.7 Å². The van der Waals surface area contributed by atoms with Gasteiger partial charge in [-0.25, -0.2) is 4.79 Å². The van der Waals surface area contributed by atoms with Crippen LogP contribution in [0.15, 0.2) is 42.5 Å². The minimum atomic E-state index is -1.35. The van der Waals surface area contributed by atoms with Crippen LogP contribution in [0.25, 0.3) is 0 Å². The minimum absolute atomic E-state index is 0.161. The first-order valence-corrected chi connectivity index (χ1v) is 10.3. The molecule has 1 saturated heterocycles. The zero-order valence-corrected chi connectivity index (χ0v) is 18.5. The zero-order valence-electron chi connectivity index (χ0n) is 18.5. The number of amides is 5. The molecule has 2 N–H and O–H groups in total. The van der Waals surface area contributed by atoms with E-state index < -0.39 is 29.9 Å². The van der Waals surface area contributed by atoms with Crippen molar-refractivity contribution >= 4 is 29.4 Å². The van der Waals surface area contributed by atoms with Gasteiger partial charge in [0.15, 0.2) is 11.5 Å². The summed E-state index contributed by atoms with van der Waals surface area (Å²) in [5.41, 5.74) is 0.0925. The van der Waals surface area contributed by atoms with Crippen LogP contribution < -0.4 is 20.1 Å². The molecule has 2 aliphatic rings. The van der Waals surface area contributed by atoms with Crippen molar-refractivity contribution in [1.82, 2.24) is 15.1 Å². The van der Waals surface area contributed by atoms with Gasteiger partial charge in [0.25, 0.3) is 11.8 Å². The number of carbonyl (C=O) groups excluding carboxylic acids is 4. The Bertz CT molecular complexity index is 1130. The van der Waals surface area contributed by atoms with Crippen LogP contribution in [-0.4, -0.2) is 67.4 Å². The number of urea groups is 1. The molecule has 0 radical (unpaired) electrons. The number of benzene rings is 2. The van der Waals surface area contributed by atoms with E-state index in [0.717, 1.165) is 4.90 Å². The number of fused-ring (bicyclic) bond motifs is 1. The van der Waals surface area contributed by atoms with Gasteiger partial charge in [-0.2, -0.15) is 0 Å². The van der Waals surface area contributed by atoms with Crippen molar-refractivity contribution in [2.45, 2.75) is 12.5 Å². The highest BCUT2D eigenvalue weighted by molar-refractivity contribution is 6.10. The van der Waals surface area contributed by atoms with Gasteiger partial charge in [0.1, 0.15) is 25.3 Å². The maximum atomic E-state index is 13.1. The lowest BCUT2D eigenvalue weighted by atomic mass is 9.91. The second-order valence-corrected chi connectivity index (χ2v) is 8.13. The highest BCUT2D eigenvalue weighted by atomic mass is 16.6. The Morgan fingerprint density at radius 3 is 2.39 bits per heavy atom. The lowest BCUT2D eigenvalue weighted by Gasteiger charge is -2.25. The summed E-state index contributed by atoms with van der Waals surface area (Å²) in [6.07, 6.45) is 0. The van der Waals surface area contributed by atoms with E-state index in [1.165, 1.54) is 4.90 Å². The molecule has 1 atom stereocenters. The summed E-state index contributed by atoms with van der Waals surface area (Å²) < 4.78 is 11.1. The molecule has 1 fully saturated rings. The summed E-state index contributed by atoms with van der Waals surface area (Å²) >= 11 is 0. The molecule has 2 heterocycles. The average Bonchev–Trinajstić information content (AvgIpc) is 3.02. The van der Waals surface area contributed by atoms with E-state index in [1.54, 1.807) is 63.5 Å². The SMILES string of the molecule is CN(C)C(=O)c1ccc(NC(=O)CN2C(=O)N[C@@](C)(c3ccc4c(c3)OCCO4)C2=O)cc1. The first-order chi connectivity index (χ1) is 15.7. The fourth-order valence-electron chi connectivity index (χ4n) is 3.69. The van der Waals surface area contributed by atoms with Crippen molar-refractivity contribution in [3.05, 3.63) is 53.6 Å². The Balaban J connectivity index is 1.44. The summed E-state index contributed by atoms with van der Waals surface area (Å²) in [5, 5.41) is 5.31. The first-order valence-electron chi connectivity index (χ1n) is 10.3. The summed E-state index contributed by atoms with van der Waals surface area (Å²) in [5.74, 6) is -0.192. The first kappa shape index (κ1) is 22.1. The number of imide groups is 1. The van der Waals surface area contributed by atoms with Crippen molar-refractivity contribution in [1.29, 1.82) is 0 Å². The van der Waals surface area contributed by atoms with Crippen LogP contribution in [0.1, 0.15) is 22.8 Å². The molecule has 4 rings (SSSR count). The molecule has 0 unspecified atom stereocenters. The molecular weight excluding hydrogens is 428 g/mol. The van der Waals surface area contributed by atoms with Crippen molar-refractivity contribution in [2.24, 2.45) is 0 Å². The van der Waals surface area contributed by atoms with Gasteiger partial charge >= 0.3 is 6.03 Å². The molecule has 0 saturated carbocycles. The van der Waals surface area contributed by atoms with Crippen molar-refractivity contribution in [3.8, 4) is 11.5 Å². The quantitative estimate of drug-likeness (QED) is 0.665. The summed E-state index contributed by atoms with van der Waals surface area (Å²) in [4.78, 5) is 52.5. The molecule has 0 spiro atoms. The van der Waals surface area contributed by atoms with E-state index in [0.29, 0.717) is 41.5 Å². The fourth-order valence-corrected chi connectivity index (χ4v) is 3.69. The molecule has 33 heavy (non-hydrogen) atoms. The summed E-state index contributed by atoms with van der Waals surface area (Å²) in [6, 6.07) is 10.7.